The quantitative estimate of drug-likeness (QED) is 0.283. The summed E-state index contributed by atoms with van der Waals surface area (Å²) in [6.45, 7) is 0. The average molecular weight is 376 g/mol. The number of hydrogen-bond acceptors (Lipinski definition) is 7. The molecule has 138 valence electrons. The second-order valence-corrected chi connectivity index (χ2v) is 6.21. The Balaban J connectivity index is 1.88. The molecule has 1 aliphatic rings. The number of para-hydroxylation sites is 1. The van der Waals surface area contributed by atoms with Crippen molar-refractivity contribution in [1.82, 2.24) is 0 Å². The normalized spacial score (nSPS) is 12.3. The predicted molar refractivity (Wildman–Crippen MR) is 99.5 cm³/mol. The molecular weight excluding hydrogens is 364 g/mol. The number of nitro benzene ring substituents is 1. The lowest BCUT2D eigenvalue weighted by molar-refractivity contribution is -0.385. The number of ketones is 2. The van der Waals surface area contributed by atoms with Gasteiger partial charge in [0.1, 0.15) is 17.1 Å². The number of phenols is 2. The van der Waals surface area contributed by atoms with E-state index in [1.54, 1.807) is 24.3 Å². The van der Waals surface area contributed by atoms with Crippen LogP contribution in [-0.2, 0) is 0 Å². The summed E-state index contributed by atoms with van der Waals surface area (Å²) < 4.78 is 0. The summed E-state index contributed by atoms with van der Waals surface area (Å²) in [4.78, 5) is 36.3. The Hall–Kier alpha value is -4.20. The minimum atomic E-state index is -0.821. The van der Waals surface area contributed by atoms with Crippen molar-refractivity contribution < 1.29 is 24.7 Å². The van der Waals surface area contributed by atoms with Gasteiger partial charge in [0.15, 0.2) is 5.78 Å². The molecule has 0 heterocycles. The molecule has 4 rings (SSSR count). The standard InChI is InChI=1S/C20H12N2O6/c23-11-6-14-18(16(7-11)22(27)28)20(26)12-8-15(17(24)9-13(12)19(14)25)21-10-4-2-1-3-5-10/h1-9,21,23-24H. The van der Waals surface area contributed by atoms with Gasteiger partial charge < -0.3 is 15.5 Å². The Kier molecular flexibility index (Phi) is 3.82. The number of rotatable bonds is 3. The molecule has 3 aromatic carbocycles. The maximum absolute atomic E-state index is 13.0. The second kappa shape index (κ2) is 6.20. The molecular formula is C20H12N2O6. The zero-order chi connectivity index (χ0) is 20.0. The molecule has 0 saturated carbocycles. The van der Waals surface area contributed by atoms with E-state index in [0.29, 0.717) is 5.69 Å². The van der Waals surface area contributed by atoms with Crippen LogP contribution in [-0.4, -0.2) is 26.7 Å². The van der Waals surface area contributed by atoms with E-state index < -0.39 is 27.9 Å². The van der Waals surface area contributed by atoms with Gasteiger partial charge in [-0.15, -0.1) is 0 Å². The molecule has 0 saturated heterocycles. The summed E-state index contributed by atoms with van der Waals surface area (Å²) in [5.74, 6) is -2.18. The van der Waals surface area contributed by atoms with Gasteiger partial charge in [0.25, 0.3) is 5.69 Å². The first-order valence-electron chi connectivity index (χ1n) is 8.16. The third-order valence-corrected chi connectivity index (χ3v) is 4.45. The number of nitro groups is 1. The first-order valence-corrected chi connectivity index (χ1v) is 8.16. The van der Waals surface area contributed by atoms with Gasteiger partial charge in [0.05, 0.1) is 16.7 Å². The third kappa shape index (κ3) is 2.64. The van der Waals surface area contributed by atoms with Crippen LogP contribution in [0, 0.1) is 10.1 Å². The van der Waals surface area contributed by atoms with Crippen LogP contribution in [0.4, 0.5) is 17.1 Å². The van der Waals surface area contributed by atoms with Crippen molar-refractivity contribution >= 4 is 28.6 Å². The first kappa shape index (κ1) is 17.2. The number of aromatic hydroxyl groups is 2. The van der Waals surface area contributed by atoms with E-state index >= 15 is 0 Å². The van der Waals surface area contributed by atoms with Crippen molar-refractivity contribution in [2.24, 2.45) is 0 Å². The zero-order valence-corrected chi connectivity index (χ0v) is 14.2. The Morgan fingerprint density at radius 1 is 0.857 bits per heavy atom. The zero-order valence-electron chi connectivity index (χ0n) is 14.2. The number of benzene rings is 3. The fourth-order valence-electron chi connectivity index (χ4n) is 3.19. The van der Waals surface area contributed by atoms with Gasteiger partial charge in [-0.25, -0.2) is 0 Å². The average Bonchev–Trinajstić information content (AvgIpc) is 2.67. The van der Waals surface area contributed by atoms with Crippen LogP contribution in [0.5, 0.6) is 11.5 Å². The van der Waals surface area contributed by atoms with Crippen molar-refractivity contribution in [2.45, 2.75) is 0 Å². The highest BCUT2D eigenvalue weighted by molar-refractivity contribution is 6.30. The first-order chi connectivity index (χ1) is 13.4. The number of nitrogens with zero attached hydrogens (tertiary/aromatic N) is 1. The number of carbonyl (C=O) groups is 2. The number of hydrogen-bond donors (Lipinski definition) is 3. The lowest BCUT2D eigenvalue weighted by Gasteiger charge is -2.19. The van der Waals surface area contributed by atoms with Crippen LogP contribution in [0.15, 0.2) is 54.6 Å². The van der Waals surface area contributed by atoms with E-state index in [9.17, 15) is 29.9 Å². The smallest absolute Gasteiger partial charge is 0.285 e. The van der Waals surface area contributed by atoms with Crippen LogP contribution >= 0.6 is 0 Å². The molecule has 3 N–H and O–H groups in total. The molecule has 28 heavy (non-hydrogen) atoms. The van der Waals surface area contributed by atoms with Crippen LogP contribution in [0.2, 0.25) is 0 Å². The van der Waals surface area contributed by atoms with Gasteiger partial charge in [-0.2, -0.15) is 0 Å². The molecule has 0 unspecified atom stereocenters. The minimum Gasteiger partial charge on any atom is -0.508 e. The van der Waals surface area contributed by atoms with Gasteiger partial charge in [-0.1, -0.05) is 18.2 Å². The van der Waals surface area contributed by atoms with Gasteiger partial charge in [0, 0.05) is 22.4 Å². The maximum Gasteiger partial charge on any atom is 0.285 e. The Morgan fingerprint density at radius 2 is 1.54 bits per heavy atom. The minimum absolute atomic E-state index is 0.0671. The fourth-order valence-corrected chi connectivity index (χ4v) is 3.19. The highest BCUT2D eigenvalue weighted by Gasteiger charge is 2.37. The largest absolute Gasteiger partial charge is 0.508 e. The van der Waals surface area contributed by atoms with Crippen LogP contribution in [0.1, 0.15) is 31.8 Å². The third-order valence-electron chi connectivity index (χ3n) is 4.45. The van der Waals surface area contributed by atoms with Crippen LogP contribution in [0.25, 0.3) is 0 Å². The summed E-state index contributed by atoms with van der Waals surface area (Å²) in [5.41, 5.74) is -0.635. The summed E-state index contributed by atoms with van der Waals surface area (Å²) >= 11 is 0. The molecule has 0 aromatic heterocycles. The van der Waals surface area contributed by atoms with E-state index in [1.165, 1.54) is 6.07 Å². The highest BCUT2D eigenvalue weighted by Crippen LogP contribution is 2.39. The van der Waals surface area contributed by atoms with Crippen molar-refractivity contribution in [3.05, 3.63) is 87.0 Å². The lowest BCUT2D eigenvalue weighted by atomic mass is 9.82. The molecule has 0 spiro atoms. The Labute approximate surface area is 157 Å². The molecule has 0 amide bonds. The van der Waals surface area contributed by atoms with Gasteiger partial charge in [-0.05, 0) is 30.3 Å². The van der Waals surface area contributed by atoms with E-state index in [1.807, 2.05) is 6.07 Å². The van der Waals surface area contributed by atoms with Crippen molar-refractivity contribution in [1.29, 1.82) is 0 Å². The summed E-state index contributed by atoms with van der Waals surface area (Å²) in [7, 11) is 0. The summed E-state index contributed by atoms with van der Waals surface area (Å²) in [6, 6.07) is 13.1. The molecule has 0 bridgehead atoms. The summed E-state index contributed by atoms with van der Waals surface area (Å²) in [5, 5.41) is 34.3. The van der Waals surface area contributed by atoms with Gasteiger partial charge in [0.2, 0.25) is 5.78 Å². The number of anilines is 2. The maximum atomic E-state index is 13.0. The van der Waals surface area contributed by atoms with E-state index in [4.69, 9.17) is 0 Å². The van der Waals surface area contributed by atoms with Gasteiger partial charge in [-0.3, -0.25) is 19.7 Å². The second-order valence-electron chi connectivity index (χ2n) is 6.21. The molecule has 8 nitrogen and oxygen atoms in total. The SMILES string of the molecule is O=C1c2cc(O)c(Nc3ccccc3)cc2C(=O)c2c1cc(O)cc2[N+](=O)[O-]. The molecule has 0 aliphatic heterocycles. The Morgan fingerprint density at radius 3 is 2.21 bits per heavy atom. The monoisotopic (exact) mass is 376 g/mol. The number of phenolic OH excluding ortho intramolecular Hbond substituents is 2. The molecule has 0 radical (unpaired) electrons. The number of fused-ring (bicyclic) bond motifs is 2. The van der Waals surface area contributed by atoms with Crippen LogP contribution < -0.4 is 5.32 Å². The topological polar surface area (TPSA) is 130 Å². The fraction of sp³-hybridized carbons (Fsp3) is 0. The van der Waals surface area contributed by atoms with Gasteiger partial charge >= 0.3 is 0 Å². The molecule has 3 aromatic rings. The van der Waals surface area contributed by atoms with E-state index in [0.717, 1.165) is 18.2 Å². The van der Waals surface area contributed by atoms with Crippen LogP contribution in [0.3, 0.4) is 0 Å². The molecule has 8 heteroatoms. The number of nitrogens with one attached hydrogen (secondary N) is 1. The lowest BCUT2D eigenvalue weighted by Crippen LogP contribution is -2.22. The predicted octanol–water partition coefficient (Wildman–Crippen LogP) is 3.53. The Bertz CT molecular complexity index is 1170. The number of carbonyl (C=O) groups excluding carboxylic acids is 2. The molecule has 0 atom stereocenters. The van der Waals surface area contributed by atoms with Crippen molar-refractivity contribution in [3.8, 4) is 11.5 Å². The van der Waals surface area contributed by atoms with Crippen molar-refractivity contribution in [3.63, 3.8) is 0 Å². The highest BCUT2D eigenvalue weighted by atomic mass is 16.6. The molecule has 0 fully saturated rings. The summed E-state index contributed by atoms with van der Waals surface area (Å²) in [6.07, 6.45) is 0. The van der Waals surface area contributed by atoms with E-state index in [2.05, 4.69) is 5.32 Å². The molecule has 1 aliphatic carbocycles. The van der Waals surface area contributed by atoms with E-state index in [-0.39, 0.29) is 33.7 Å². The van der Waals surface area contributed by atoms with Crippen molar-refractivity contribution in [2.75, 3.05) is 5.32 Å².